The van der Waals surface area contributed by atoms with Crippen LogP contribution in [0.5, 0.6) is 0 Å². The normalized spacial score (nSPS) is 15.4. The highest BCUT2D eigenvalue weighted by molar-refractivity contribution is 7.89. The van der Waals surface area contributed by atoms with Crippen LogP contribution in [0.1, 0.15) is 0 Å². The number of sulfonamides is 1. The number of rotatable bonds is 3. The average Bonchev–Trinajstić information content (AvgIpc) is 2.75. The van der Waals surface area contributed by atoms with Gasteiger partial charge in [-0.1, -0.05) is 0 Å². The van der Waals surface area contributed by atoms with Crippen LogP contribution < -0.4 is 5.32 Å². The number of carbonyl (C=O) groups excluding carboxylic acids is 1. The fourth-order valence-electron chi connectivity index (χ4n) is 1.61. The van der Waals surface area contributed by atoms with Crippen molar-refractivity contribution in [2.45, 2.75) is 4.90 Å². The number of hydrogen-bond donors (Lipinski definition) is 1. The van der Waals surface area contributed by atoms with Crippen LogP contribution in [-0.2, 0) is 10.0 Å². The molecule has 102 valence electrons. The van der Waals surface area contributed by atoms with Crippen molar-refractivity contribution in [2.75, 3.05) is 13.1 Å². The predicted octanol–water partition coefficient (Wildman–Crippen LogP) is 0.448. The SMILES string of the molecule is O=C1NCCN1S(=O)(=O)c1ccc([N+](=O)[O-])c(F)c1. The molecule has 1 aliphatic heterocycles. The molecule has 0 aromatic heterocycles. The topological polar surface area (TPSA) is 110 Å². The van der Waals surface area contributed by atoms with E-state index in [0.29, 0.717) is 10.4 Å². The number of nitrogens with one attached hydrogen (secondary N) is 1. The fourth-order valence-corrected chi connectivity index (χ4v) is 2.97. The Hall–Kier alpha value is -2.23. The Morgan fingerprint density at radius 1 is 1.42 bits per heavy atom. The maximum absolute atomic E-state index is 13.4. The van der Waals surface area contributed by atoms with Crippen LogP contribution in [0.4, 0.5) is 14.9 Å². The zero-order valence-corrected chi connectivity index (χ0v) is 10.2. The van der Waals surface area contributed by atoms with Gasteiger partial charge in [0, 0.05) is 18.7 Å². The molecule has 2 amide bonds. The molecule has 1 aromatic carbocycles. The van der Waals surface area contributed by atoms with E-state index in [9.17, 15) is 27.7 Å². The third-order valence-electron chi connectivity index (χ3n) is 2.52. The largest absolute Gasteiger partial charge is 0.335 e. The molecule has 1 aromatic rings. The number of hydrogen-bond acceptors (Lipinski definition) is 5. The van der Waals surface area contributed by atoms with Crippen LogP contribution >= 0.6 is 0 Å². The number of benzene rings is 1. The van der Waals surface area contributed by atoms with E-state index in [-0.39, 0.29) is 13.1 Å². The maximum Gasteiger partial charge on any atom is 0.331 e. The Labute approximate surface area is 107 Å². The van der Waals surface area contributed by atoms with Gasteiger partial charge in [-0.25, -0.2) is 17.5 Å². The maximum atomic E-state index is 13.4. The Bertz CT molecular complexity index is 660. The molecule has 19 heavy (non-hydrogen) atoms. The lowest BCUT2D eigenvalue weighted by atomic mass is 10.3. The Morgan fingerprint density at radius 3 is 2.58 bits per heavy atom. The summed E-state index contributed by atoms with van der Waals surface area (Å²) in [6, 6.07) is 1.36. The third-order valence-corrected chi connectivity index (χ3v) is 4.30. The van der Waals surface area contributed by atoms with Crippen molar-refractivity contribution in [3.8, 4) is 0 Å². The zero-order valence-electron chi connectivity index (χ0n) is 9.37. The van der Waals surface area contributed by atoms with E-state index in [2.05, 4.69) is 5.32 Å². The molecule has 1 fully saturated rings. The van der Waals surface area contributed by atoms with Crippen LogP contribution in [0.25, 0.3) is 0 Å². The van der Waals surface area contributed by atoms with E-state index in [1.54, 1.807) is 0 Å². The Morgan fingerprint density at radius 2 is 2.11 bits per heavy atom. The van der Waals surface area contributed by atoms with Crippen molar-refractivity contribution in [3.05, 3.63) is 34.1 Å². The molecule has 0 radical (unpaired) electrons. The molecule has 1 aliphatic rings. The van der Waals surface area contributed by atoms with Crippen LogP contribution in [0.3, 0.4) is 0 Å². The Balaban J connectivity index is 2.44. The van der Waals surface area contributed by atoms with E-state index >= 15 is 0 Å². The molecular formula is C9H8FN3O5S. The number of nitro groups is 1. The van der Waals surface area contributed by atoms with Gasteiger partial charge < -0.3 is 5.32 Å². The van der Waals surface area contributed by atoms with Crippen molar-refractivity contribution < 1.29 is 22.5 Å². The first-order valence-corrected chi connectivity index (χ1v) is 6.52. The van der Waals surface area contributed by atoms with E-state index in [4.69, 9.17) is 0 Å². The molecule has 8 nitrogen and oxygen atoms in total. The lowest BCUT2D eigenvalue weighted by molar-refractivity contribution is -0.387. The minimum atomic E-state index is -4.19. The van der Waals surface area contributed by atoms with E-state index in [1.165, 1.54) is 0 Å². The van der Waals surface area contributed by atoms with Crippen LogP contribution in [-0.4, -0.2) is 36.8 Å². The zero-order chi connectivity index (χ0) is 14.2. The molecule has 0 saturated carbocycles. The lowest BCUT2D eigenvalue weighted by Crippen LogP contribution is -2.34. The summed E-state index contributed by atoms with van der Waals surface area (Å²) in [5.74, 6) is -1.27. The molecule has 0 aliphatic carbocycles. The molecule has 1 N–H and O–H groups in total. The summed E-state index contributed by atoms with van der Waals surface area (Å²) >= 11 is 0. The summed E-state index contributed by atoms with van der Waals surface area (Å²) in [6.07, 6.45) is 0. The highest BCUT2D eigenvalue weighted by Crippen LogP contribution is 2.23. The van der Waals surface area contributed by atoms with Crippen molar-refractivity contribution in [1.82, 2.24) is 9.62 Å². The van der Waals surface area contributed by atoms with Crippen LogP contribution in [0.15, 0.2) is 23.1 Å². The highest BCUT2D eigenvalue weighted by atomic mass is 32.2. The summed E-state index contributed by atoms with van der Waals surface area (Å²) in [6.45, 7) is 0.0906. The van der Waals surface area contributed by atoms with Gasteiger partial charge in [0.15, 0.2) is 0 Å². The number of amides is 2. The van der Waals surface area contributed by atoms with Crippen molar-refractivity contribution in [1.29, 1.82) is 0 Å². The highest BCUT2D eigenvalue weighted by Gasteiger charge is 2.33. The second kappa shape index (κ2) is 4.46. The molecule has 0 unspecified atom stereocenters. The van der Waals surface area contributed by atoms with Gasteiger partial charge in [0.25, 0.3) is 10.0 Å². The van der Waals surface area contributed by atoms with Gasteiger partial charge in [0.05, 0.1) is 16.4 Å². The first-order chi connectivity index (χ1) is 8.84. The third kappa shape index (κ3) is 2.21. The smallest absolute Gasteiger partial charge is 0.331 e. The molecule has 1 saturated heterocycles. The Kier molecular flexibility index (Phi) is 3.10. The van der Waals surface area contributed by atoms with Gasteiger partial charge >= 0.3 is 11.7 Å². The second-order valence-corrected chi connectivity index (χ2v) is 5.54. The van der Waals surface area contributed by atoms with Crippen molar-refractivity contribution >= 4 is 21.7 Å². The predicted molar refractivity (Wildman–Crippen MR) is 60.3 cm³/mol. The van der Waals surface area contributed by atoms with E-state index in [0.717, 1.165) is 12.1 Å². The van der Waals surface area contributed by atoms with E-state index in [1.807, 2.05) is 0 Å². The molecule has 0 atom stereocenters. The van der Waals surface area contributed by atoms with Gasteiger partial charge in [-0.15, -0.1) is 0 Å². The number of nitro benzene ring substituents is 1. The first kappa shape index (κ1) is 13.2. The van der Waals surface area contributed by atoms with Crippen LogP contribution in [0, 0.1) is 15.9 Å². The standard InChI is InChI=1S/C9H8FN3O5S/c10-7-5-6(1-2-8(7)13(15)16)19(17,18)12-4-3-11-9(12)14/h1-2,5H,3-4H2,(H,11,14). The quantitative estimate of drug-likeness (QED) is 0.641. The number of urea groups is 1. The average molecular weight is 289 g/mol. The summed E-state index contributed by atoms with van der Waals surface area (Å²) in [7, 11) is -4.19. The van der Waals surface area contributed by atoms with Gasteiger partial charge in [-0.3, -0.25) is 10.1 Å². The lowest BCUT2D eigenvalue weighted by Gasteiger charge is -2.14. The monoisotopic (exact) mass is 289 g/mol. The van der Waals surface area contributed by atoms with Gasteiger partial charge in [-0.2, -0.15) is 4.39 Å². The fraction of sp³-hybridized carbons (Fsp3) is 0.222. The summed E-state index contributed by atoms with van der Waals surface area (Å²) in [4.78, 5) is 20.2. The molecule has 2 rings (SSSR count). The number of carbonyl (C=O) groups is 1. The van der Waals surface area contributed by atoms with E-state index < -0.39 is 37.4 Å². The van der Waals surface area contributed by atoms with Crippen molar-refractivity contribution in [3.63, 3.8) is 0 Å². The second-order valence-electron chi connectivity index (χ2n) is 3.68. The molecule has 0 bridgehead atoms. The minimum Gasteiger partial charge on any atom is -0.335 e. The molecule has 10 heteroatoms. The van der Waals surface area contributed by atoms with Crippen molar-refractivity contribution in [2.24, 2.45) is 0 Å². The molecule has 1 heterocycles. The summed E-state index contributed by atoms with van der Waals surface area (Å²) in [5, 5.41) is 12.7. The van der Waals surface area contributed by atoms with Crippen LogP contribution in [0.2, 0.25) is 0 Å². The number of halogens is 1. The summed E-state index contributed by atoms with van der Waals surface area (Å²) < 4.78 is 38.0. The molecular weight excluding hydrogens is 281 g/mol. The van der Waals surface area contributed by atoms with Gasteiger partial charge in [-0.05, 0) is 6.07 Å². The van der Waals surface area contributed by atoms with Gasteiger partial charge in [0.1, 0.15) is 0 Å². The number of nitrogens with zero attached hydrogens (tertiary/aromatic N) is 2. The summed E-state index contributed by atoms with van der Waals surface area (Å²) in [5.41, 5.74) is -0.829. The molecule has 0 spiro atoms. The first-order valence-electron chi connectivity index (χ1n) is 5.08. The van der Waals surface area contributed by atoms with Gasteiger partial charge in [0.2, 0.25) is 5.82 Å². The minimum absolute atomic E-state index is 0.0697.